The first-order chi connectivity index (χ1) is 7.54. The lowest BCUT2D eigenvalue weighted by molar-refractivity contribution is -0.139. The molecule has 1 amide bonds. The van der Waals surface area contributed by atoms with E-state index < -0.39 is 17.9 Å². The summed E-state index contributed by atoms with van der Waals surface area (Å²) in [7, 11) is 0. The van der Waals surface area contributed by atoms with Crippen molar-refractivity contribution in [3.63, 3.8) is 0 Å². The Kier molecular flexibility index (Phi) is 4.01. The van der Waals surface area contributed by atoms with Crippen molar-refractivity contribution in [2.24, 2.45) is 0 Å². The lowest BCUT2D eigenvalue weighted by Gasteiger charge is -2.11. The van der Waals surface area contributed by atoms with Crippen molar-refractivity contribution in [3.05, 3.63) is 17.5 Å². The van der Waals surface area contributed by atoms with Crippen molar-refractivity contribution >= 4 is 11.9 Å². The predicted molar refractivity (Wildman–Crippen MR) is 53.9 cm³/mol. The summed E-state index contributed by atoms with van der Waals surface area (Å²) in [5.74, 6) is -1.76. The second-order valence-electron chi connectivity index (χ2n) is 3.31. The van der Waals surface area contributed by atoms with Crippen molar-refractivity contribution in [2.45, 2.75) is 19.4 Å². The van der Waals surface area contributed by atoms with E-state index in [1.165, 1.54) is 6.07 Å². The van der Waals surface area contributed by atoms with Crippen LogP contribution in [0.15, 0.2) is 6.07 Å². The molecule has 0 aliphatic rings. The summed E-state index contributed by atoms with van der Waals surface area (Å²) in [5.41, 5.74) is 0.834. The summed E-state index contributed by atoms with van der Waals surface area (Å²) in [4.78, 5) is 22.2. The highest BCUT2D eigenvalue weighted by atomic mass is 16.4. The molecule has 7 nitrogen and oxygen atoms in total. The smallest absolute Gasteiger partial charge is 0.326 e. The Balaban J connectivity index is 2.65. The van der Waals surface area contributed by atoms with Crippen LogP contribution in [0.25, 0.3) is 0 Å². The molecule has 0 aromatic carbocycles. The fourth-order valence-corrected chi connectivity index (χ4v) is 1.15. The van der Waals surface area contributed by atoms with Crippen LogP contribution in [0.3, 0.4) is 0 Å². The molecule has 4 N–H and O–H groups in total. The largest absolute Gasteiger partial charge is 0.480 e. The molecule has 16 heavy (non-hydrogen) atoms. The van der Waals surface area contributed by atoms with Gasteiger partial charge in [-0.25, -0.2) is 4.79 Å². The number of carboxylic acids is 1. The van der Waals surface area contributed by atoms with Crippen molar-refractivity contribution in [3.8, 4) is 0 Å². The highest BCUT2D eigenvalue weighted by molar-refractivity contribution is 5.94. The molecule has 7 heteroatoms. The minimum absolute atomic E-state index is 0.0372. The number of rotatable bonds is 5. The summed E-state index contributed by atoms with van der Waals surface area (Å²) < 4.78 is 0. The number of carbonyl (C=O) groups is 2. The zero-order valence-corrected chi connectivity index (χ0v) is 8.73. The highest BCUT2D eigenvalue weighted by Gasteiger charge is 2.20. The topological polar surface area (TPSA) is 115 Å². The molecule has 0 aliphatic heterocycles. The van der Waals surface area contributed by atoms with Gasteiger partial charge in [-0.1, -0.05) is 0 Å². The summed E-state index contributed by atoms with van der Waals surface area (Å²) in [5, 5.41) is 25.9. The van der Waals surface area contributed by atoms with Gasteiger partial charge in [0.15, 0.2) is 0 Å². The second-order valence-corrected chi connectivity index (χ2v) is 3.31. The predicted octanol–water partition coefficient (Wildman–Crippen LogP) is -0.716. The highest BCUT2D eigenvalue weighted by Crippen LogP contribution is 1.99. The molecular weight excluding hydrogens is 214 g/mol. The molecule has 1 aromatic rings. The molecule has 0 radical (unpaired) electrons. The first-order valence-electron chi connectivity index (χ1n) is 4.71. The molecule has 1 aromatic heterocycles. The summed E-state index contributed by atoms with van der Waals surface area (Å²) in [6, 6.07) is 0.405. The molecular formula is C9H13N3O4. The maximum atomic E-state index is 11.5. The Hall–Kier alpha value is -1.89. The minimum atomic E-state index is -1.19. The van der Waals surface area contributed by atoms with E-state index in [0.29, 0.717) is 5.69 Å². The number of hydrogen-bond acceptors (Lipinski definition) is 4. The Morgan fingerprint density at radius 1 is 1.62 bits per heavy atom. The number of amides is 1. The maximum absolute atomic E-state index is 11.5. The summed E-state index contributed by atoms with van der Waals surface area (Å²) in [6.45, 7) is 1.42. The monoisotopic (exact) mass is 227 g/mol. The minimum Gasteiger partial charge on any atom is -0.480 e. The van der Waals surface area contributed by atoms with E-state index in [-0.39, 0.29) is 18.7 Å². The lowest BCUT2D eigenvalue weighted by atomic mass is 10.2. The van der Waals surface area contributed by atoms with Crippen molar-refractivity contribution in [2.75, 3.05) is 6.61 Å². The number of aromatic amines is 1. The molecule has 0 bridgehead atoms. The van der Waals surface area contributed by atoms with Gasteiger partial charge in [0.2, 0.25) is 0 Å². The SMILES string of the molecule is Cc1cc(C(=O)N[C@H](CCO)C(=O)O)n[nH]1. The van der Waals surface area contributed by atoms with Gasteiger partial charge in [0.25, 0.3) is 5.91 Å². The Bertz CT molecular complexity index is 388. The number of aliphatic carboxylic acids is 1. The van der Waals surface area contributed by atoms with Crippen molar-refractivity contribution in [1.29, 1.82) is 0 Å². The van der Waals surface area contributed by atoms with Crippen LogP contribution < -0.4 is 5.32 Å². The van der Waals surface area contributed by atoms with Crippen LogP contribution in [0.4, 0.5) is 0 Å². The number of nitrogens with zero attached hydrogens (tertiary/aromatic N) is 1. The maximum Gasteiger partial charge on any atom is 0.326 e. The van der Waals surface area contributed by atoms with Crippen LogP contribution in [0.5, 0.6) is 0 Å². The van der Waals surface area contributed by atoms with Gasteiger partial charge in [-0.2, -0.15) is 5.10 Å². The number of aromatic nitrogens is 2. The van der Waals surface area contributed by atoms with Gasteiger partial charge in [0, 0.05) is 18.7 Å². The number of H-pyrrole nitrogens is 1. The molecule has 0 aliphatic carbocycles. The molecule has 88 valence electrons. The third-order valence-electron chi connectivity index (χ3n) is 1.96. The van der Waals surface area contributed by atoms with Gasteiger partial charge in [-0.05, 0) is 13.0 Å². The van der Waals surface area contributed by atoms with Gasteiger partial charge in [-0.15, -0.1) is 0 Å². The quantitative estimate of drug-likeness (QED) is 0.530. The standard InChI is InChI=1S/C9H13N3O4/c1-5-4-7(12-11-5)8(14)10-6(2-3-13)9(15)16/h4,6,13H,2-3H2,1H3,(H,10,14)(H,11,12)(H,15,16)/t6-/m1/s1. The average Bonchev–Trinajstić information content (AvgIpc) is 2.64. The van der Waals surface area contributed by atoms with Gasteiger partial charge < -0.3 is 15.5 Å². The van der Waals surface area contributed by atoms with Crippen LogP contribution in [0, 0.1) is 6.92 Å². The number of hydrogen-bond donors (Lipinski definition) is 4. The molecule has 1 rings (SSSR count). The molecule has 1 atom stereocenters. The van der Waals surface area contributed by atoms with Crippen molar-refractivity contribution in [1.82, 2.24) is 15.5 Å². The van der Waals surface area contributed by atoms with E-state index >= 15 is 0 Å². The van der Waals surface area contributed by atoms with Gasteiger partial charge >= 0.3 is 5.97 Å². The van der Waals surface area contributed by atoms with E-state index in [9.17, 15) is 9.59 Å². The summed E-state index contributed by atoms with van der Waals surface area (Å²) in [6.07, 6.45) is -0.0372. The van der Waals surface area contributed by atoms with E-state index in [4.69, 9.17) is 10.2 Å². The Labute approximate surface area is 91.5 Å². The second kappa shape index (κ2) is 5.26. The zero-order valence-electron chi connectivity index (χ0n) is 8.73. The summed E-state index contributed by atoms with van der Waals surface area (Å²) >= 11 is 0. The van der Waals surface area contributed by atoms with Crippen LogP contribution >= 0.6 is 0 Å². The molecule has 1 heterocycles. The number of aliphatic hydroxyl groups excluding tert-OH is 1. The van der Waals surface area contributed by atoms with Gasteiger partial charge in [0.1, 0.15) is 11.7 Å². The van der Waals surface area contributed by atoms with Crippen LogP contribution in [0.1, 0.15) is 22.6 Å². The number of aryl methyl sites for hydroxylation is 1. The Morgan fingerprint density at radius 2 is 2.31 bits per heavy atom. The van der Waals surface area contributed by atoms with Gasteiger partial charge in [0.05, 0.1) is 0 Å². The van der Waals surface area contributed by atoms with Crippen LogP contribution in [0.2, 0.25) is 0 Å². The van der Waals surface area contributed by atoms with Crippen LogP contribution in [-0.4, -0.2) is 44.9 Å². The fraction of sp³-hybridized carbons (Fsp3) is 0.444. The zero-order chi connectivity index (χ0) is 12.1. The lowest BCUT2D eigenvalue weighted by Crippen LogP contribution is -2.41. The van der Waals surface area contributed by atoms with Gasteiger partial charge in [-0.3, -0.25) is 9.89 Å². The molecule has 0 saturated carbocycles. The average molecular weight is 227 g/mol. The molecule has 0 spiro atoms. The number of carbonyl (C=O) groups excluding carboxylic acids is 1. The number of nitrogens with one attached hydrogen (secondary N) is 2. The first kappa shape index (κ1) is 12.2. The van der Waals surface area contributed by atoms with Crippen molar-refractivity contribution < 1.29 is 19.8 Å². The van der Waals surface area contributed by atoms with E-state index in [0.717, 1.165) is 0 Å². The fourth-order valence-electron chi connectivity index (χ4n) is 1.15. The van der Waals surface area contributed by atoms with E-state index in [1.54, 1.807) is 6.92 Å². The van der Waals surface area contributed by atoms with E-state index in [2.05, 4.69) is 15.5 Å². The molecule has 0 fully saturated rings. The number of carboxylic acid groups (broad SMARTS) is 1. The normalized spacial score (nSPS) is 12.1. The van der Waals surface area contributed by atoms with Crippen LogP contribution in [-0.2, 0) is 4.79 Å². The number of aliphatic hydroxyl groups is 1. The third kappa shape index (κ3) is 3.06. The third-order valence-corrected chi connectivity index (χ3v) is 1.96. The Morgan fingerprint density at radius 3 is 2.75 bits per heavy atom. The molecule has 0 unspecified atom stereocenters. The molecule has 0 saturated heterocycles. The van der Waals surface area contributed by atoms with E-state index in [1.807, 2.05) is 0 Å². The first-order valence-corrected chi connectivity index (χ1v) is 4.71.